The van der Waals surface area contributed by atoms with Crippen LogP contribution in [0.5, 0.6) is 0 Å². The van der Waals surface area contributed by atoms with Crippen LogP contribution in [0.2, 0.25) is 0 Å². The van der Waals surface area contributed by atoms with E-state index in [4.69, 9.17) is 0 Å². The third kappa shape index (κ3) is 2.95. The van der Waals surface area contributed by atoms with E-state index in [0.29, 0.717) is 24.1 Å². The first-order chi connectivity index (χ1) is 13.5. The summed E-state index contributed by atoms with van der Waals surface area (Å²) in [6.07, 6.45) is 0.965. The molecule has 0 saturated heterocycles. The van der Waals surface area contributed by atoms with Gasteiger partial charge < -0.3 is 0 Å². The summed E-state index contributed by atoms with van der Waals surface area (Å²) in [6, 6.07) is 19.3. The van der Waals surface area contributed by atoms with Crippen LogP contribution < -0.4 is 5.56 Å². The van der Waals surface area contributed by atoms with Crippen molar-refractivity contribution < 1.29 is 4.79 Å². The number of nitriles is 1. The molecule has 0 N–H and O–H groups in total. The number of hydrogen-bond donors (Lipinski definition) is 0. The molecule has 2 aromatic carbocycles. The third-order valence-corrected chi connectivity index (χ3v) is 5.47. The van der Waals surface area contributed by atoms with Crippen molar-refractivity contribution in [2.45, 2.75) is 32.6 Å². The summed E-state index contributed by atoms with van der Waals surface area (Å²) < 4.78 is 1.59. The monoisotopic (exact) mass is 368 g/mol. The molecule has 0 amide bonds. The number of benzene rings is 2. The van der Waals surface area contributed by atoms with E-state index >= 15 is 0 Å². The number of carbonyl (C=O) groups excluding carboxylic acids is 1. The van der Waals surface area contributed by atoms with Gasteiger partial charge in [-0.15, -0.1) is 0 Å². The largest absolute Gasteiger partial charge is 0.294 e. The van der Waals surface area contributed by atoms with Gasteiger partial charge in [-0.2, -0.15) is 5.26 Å². The molecule has 0 bridgehead atoms. The summed E-state index contributed by atoms with van der Waals surface area (Å²) in [5.74, 6) is -0.00411. The quantitative estimate of drug-likeness (QED) is 0.680. The summed E-state index contributed by atoms with van der Waals surface area (Å²) in [6.45, 7) is 3.90. The topological polar surface area (TPSA) is 62.9 Å². The first kappa shape index (κ1) is 17.9. The predicted molar refractivity (Wildman–Crippen MR) is 108 cm³/mol. The summed E-state index contributed by atoms with van der Waals surface area (Å²) in [5, 5.41) is 9.46. The highest BCUT2D eigenvalue weighted by Gasteiger charge is 2.30. The maximum Gasteiger partial charge on any atom is 0.273 e. The Labute approximate surface area is 163 Å². The molecule has 4 nitrogen and oxygen atoms in total. The maximum absolute atomic E-state index is 13.1. The molecule has 1 atom stereocenters. The van der Waals surface area contributed by atoms with Crippen LogP contribution in [0, 0.1) is 25.2 Å². The van der Waals surface area contributed by atoms with Gasteiger partial charge in [0.2, 0.25) is 0 Å². The Morgan fingerprint density at radius 3 is 2.46 bits per heavy atom. The summed E-state index contributed by atoms with van der Waals surface area (Å²) in [4.78, 5) is 26.1. The van der Waals surface area contributed by atoms with Gasteiger partial charge >= 0.3 is 0 Å². The number of carbonyl (C=O) groups is 1. The van der Waals surface area contributed by atoms with Gasteiger partial charge in [0, 0.05) is 17.7 Å². The van der Waals surface area contributed by atoms with E-state index in [1.165, 1.54) is 6.07 Å². The molecule has 1 aliphatic rings. The number of fused-ring (bicyclic) bond motifs is 1. The minimum Gasteiger partial charge on any atom is -0.294 e. The van der Waals surface area contributed by atoms with Crippen molar-refractivity contribution in [2.75, 3.05) is 0 Å². The Hall–Kier alpha value is -3.45. The van der Waals surface area contributed by atoms with Crippen molar-refractivity contribution in [3.05, 3.63) is 98.5 Å². The van der Waals surface area contributed by atoms with Crippen molar-refractivity contribution in [2.24, 2.45) is 0 Å². The van der Waals surface area contributed by atoms with Crippen LogP contribution >= 0.6 is 0 Å². The van der Waals surface area contributed by atoms with Crippen molar-refractivity contribution in [3.8, 4) is 11.8 Å². The molecule has 0 aliphatic heterocycles. The van der Waals surface area contributed by atoms with Crippen molar-refractivity contribution >= 4 is 5.78 Å². The zero-order chi connectivity index (χ0) is 19.8. The van der Waals surface area contributed by atoms with E-state index in [9.17, 15) is 14.9 Å². The van der Waals surface area contributed by atoms with E-state index in [1.54, 1.807) is 4.57 Å². The fraction of sp³-hybridized carbons (Fsp3) is 0.208. The van der Waals surface area contributed by atoms with Crippen LogP contribution in [0.3, 0.4) is 0 Å². The van der Waals surface area contributed by atoms with Gasteiger partial charge in [0.1, 0.15) is 11.6 Å². The lowest BCUT2D eigenvalue weighted by Crippen LogP contribution is -2.32. The minimum absolute atomic E-state index is 0.00571. The van der Waals surface area contributed by atoms with E-state index in [1.807, 2.05) is 68.4 Å². The number of ketones is 1. The number of Topliss-reactive ketones (excluding diaryl/α,β-unsaturated/α-hetero) is 1. The molecule has 28 heavy (non-hydrogen) atoms. The van der Waals surface area contributed by atoms with Crippen molar-refractivity contribution in [1.29, 1.82) is 5.26 Å². The van der Waals surface area contributed by atoms with Gasteiger partial charge in [-0.1, -0.05) is 42.5 Å². The van der Waals surface area contributed by atoms with Crippen molar-refractivity contribution in [3.63, 3.8) is 0 Å². The summed E-state index contributed by atoms with van der Waals surface area (Å²) in [7, 11) is 0. The fourth-order valence-corrected chi connectivity index (χ4v) is 3.99. The van der Waals surface area contributed by atoms with Gasteiger partial charge in [-0.3, -0.25) is 14.2 Å². The lowest BCUT2D eigenvalue weighted by Gasteiger charge is -2.27. The fourth-order valence-electron chi connectivity index (χ4n) is 3.99. The number of hydrogen-bond acceptors (Lipinski definition) is 3. The second-order valence-electron chi connectivity index (χ2n) is 7.40. The molecular formula is C24H20N2O2. The molecule has 1 aromatic heterocycles. The number of aryl methyl sites for hydroxylation is 2. The molecule has 1 aliphatic carbocycles. The first-order valence-corrected chi connectivity index (χ1v) is 9.34. The molecule has 138 valence electrons. The molecule has 3 aromatic rings. The van der Waals surface area contributed by atoms with Crippen LogP contribution in [0.1, 0.15) is 50.6 Å². The third-order valence-electron chi connectivity index (χ3n) is 5.47. The second-order valence-corrected chi connectivity index (χ2v) is 7.40. The highest BCUT2D eigenvalue weighted by Crippen LogP contribution is 2.33. The maximum atomic E-state index is 13.1. The van der Waals surface area contributed by atoms with Crippen molar-refractivity contribution in [1.82, 2.24) is 4.57 Å². The highest BCUT2D eigenvalue weighted by molar-refractivity contribution is 5.99. The van der Waals surface area contributed by atoms with Gasteiger partial charge in [0.25, 0.3) is 5.56 Å². The second kappa shape index (κ2) is 6.94. The Morgan fingerprint density at radius 1 is 1.00 bits per heavy atom. The molecule has 0 spiro atoms. The van der Waals surface area contributed by atoms with E-state index in [2.05, 4.69) is 0 Å². The Kier molecular flexibility index (Phi) is 4.44. The number of pyridine rings is 1. The summed E-state index contributed by atoms with van der Waals surface area (Å²) >= 11 is 0. The van der Waals surface area contributed by atoms with Crippen LogP contribution in [0.4, 0.5) is 0 Å². The Balaban J connectivity index is 1.99. The van der Waals surface area contributed by atoms with E-state index in [0.717, 1.165) is 22.4 Å². The molecule has 1 unspecified atom stereocenters. The van der Waals surface area contributed by atoms with Gasteiger partial charge in [0.15, 0.2) is 5.78 Å². The van der Waals surface area contributed by atoms with E-state index < -0.39 is 0 Å². The van der Waals surface area contributed by atoms with Gasteiger partial charge in [0.05, 0.1) is 5.69 Å². The Bertz CT molecular complexity index is 1180. The molecule has 4 heteroatoms. The number of nitrogens with zero attached hydrogens (tertiary/aromatic N) is 2. The van der Waals surface area contributed by atoms with Crippen LogP contribution in [0.25, 0.3) is 5.69 Å². The van der Waals surface area contributed by atoms with Crippen LogP contribution in [0.15, 0.2) is 59.4 Å². The lowest BCUT2D eigenvalue weighted by atomic mass is 9.81. The first-order valence-electron chi connectivity index (χ1n) is 9.34. The number of rotatable bonds is 2. The van der Waals surface area contributed by atoms with Gasteiger partial charge in [-0.05, 0) is 55.0 Å². The molecule has 4 rings (SSSR count). The smallest absolute Gasteiger partial charge is 0.273 e. The minimum atomic E-state index is -0.364. The lowest BCUT2D eigenvalue weighted by molar-refractivity contribution is 0.0962. The standard InChI is InChI=1S/C24H20N2O2/c1-15-8-9-16(2)21(10-15)26-22-12-18(17-6-4-3-5-7-17)13-23(27)20(22)11-19(14-25)24(26)28/h3-11,18H,12-13H2,1-2H3. The van der Waals surface area contributed by atoms with E-state index in [-0.39, 0.29) is 22.8 Å². The van der Waals surface area contributed by atoms with Crippen LogP contribution in [-0.2, 0) is 6.42 Å². The highest BCUT2D eigenvalue weighted by atomic mass is 16.1. The molecule has 1 heterocycles. The average molecular weight is 368 g/mol. The predicted octanol–water partition coefficient (Wildman–Crippen LogP) is 4.24. The average Bonchev–Trinajstić information content (AvgIpc) is 2.70. The molecule has 0 saturated carbocycles. The zero-order valence-corrected chi connectivity index (χ0v) is 15.9. The zero-order valence-electron chi connectivity index (χ0n) is 15.9. The number of aromatic nitrogens is 1. The molecular weight excluding hydrogens is 348 g/mol. The summed E-state index contributed by atoms with van der Waals surface area (Å²) in [5.41, 5.74) is 4.60. The Morgan fingerprint density at radius 2 is 1.75 bits per heavy atom. The SMILES string of the molecule is Cc1ccc(C)c(-n2c3c(cc(C#N)c2=O)C(=O)CC(c2ccccc2)C3)c1. The normalized spacial score (nSPS) is 15.8. The molecule has 0 radical (unpaired) electrons. The van der Waals surface area contributed by atoms with Gasteiger partial charge in [-0.25, -0.2) is 0 Å². The van der Waals surface area contributed by atoms with Crippen LogP contribution in [-0.4, -0.2) is 10.4 Å². The molecule has 0 fully saturated rings.